The number of hydrogen-bond acceptors (Lipinski definition) is 5. The molecule has 4 aromatic rings. The van der Waals surface area contributed by atoms with Crippen molar-refractivity contribution in [2.75, 3.05) is 21.2 Å². The summed E-state index contributed by atoms with van der Waals surface area (Å²) >= 11 is 7.47. The molecule has 226 valence electrons. The monoisotopic (exact) mass is 625 g/mol. The van der Waals surface area contributed by atoms with Crippen LogP contribution in [0.1, 0.15) is 64.8 Å². The predicted octanol–water partition coefficient (Wildman–Crippen LogP) is 8.22. The molecule has 0 unspecified atom stereocenters. The van der Waals surface area contributed by atoms with Crippen molar-refractivity contribution < 1.29 is 23.1 Å². The summed E-state index contributed by atoms with van der Waals surface area (Å²) in [5.74, 6) is -0.639. The summed E-state index contributed by atoms with van der Waals surface area (Å²) in [7, 11) is 4.92. The van der Waals surface area contributed by atoms with E-state index in [1.54, 1.807) is 38.4 Å². The van der Waals surface area contributed by atoms with E-state index in [1.807, 2.05) is 24.3 Å². The third kappa shape index (κ3) is 6.24. The minimum Gasteiger partial charge on any atom is -0.496 e. The Morgan fingerprint density at radius 3 is 2.35 bits per heavy atom. The molecule has 43 heavy (non-hydrogen) atoms. The van der Waals surface area contributed by atoms with Gasteiger partial charge in [0.1, 0.15) is 28.0 Å². The highest BCUT2D eigenvalue weighted by Gasteiger charge is 2.33. The van der Waals surface area contributed by atoms with E-state index in [1.165, 1.54) is 4.90 Å². The number of rotatable bonds is 8. The van der Waals surface area contributed by atoms with Crippen LogP contribution in [0.3, 0.4) is 0 Å². The number of pyridine rings is 1. The highest BCUT2D eigenvalue weighted by Crippen LogP contribution is 2.41. The Hall–Kier alpha value is -3.56. The second-order valence-corrected chi connectivity index (χ2v) is 12.5. The van der Waals surface area contributed by atoms with Gasteiger partial charge in [-0.2, -0.15) is 0 Å². The van der Waals surface area contributed by atoms with Crippen LogP contribution in [-0.2, 0) is 6.54 Å². The zero-order valence-electron chi connectivity index (χ0n) is 24.6. The molecule has 6 nitrogen and oxygen atoms in total. The molecule has 0 bridgehead atoms. The van der Waals surface area contributed by atoms with Crippen molar-refractivity contribution in [3.8, 4) is 16.9 Å². The van der Waals surface area contributed by atoms with Crippen molar-refractivity contribution in [2.24, 2.45) is 5.92 Å². The van der Waals surface area contributed by atoms with Gasteiger partial charge in [-0.05, 0) is 79.1 Å². The molecule has 1 aliphatic carbocycles. The van der Waals surface area contributed by atoms with E-state index in [4.69, 9.17) is 16.3 Å². The molecule has 2 heterocycles. The Labute approximate surface area is 259 Å². The number of benzene rings is 2. The van der Waals surface area contributed by atoms with E-state index in [0.717, 1.165) is 72.3 Å². The summed E-state index contributed by atoms with van der Waals surface area (Å²) in [4.78, 5) is 34.4. The first-order valence-electron chi connectivity index (χ1n) is 14.3. The highest BCUT2D eigenvalue weighted by atomic mass is 35.5. The SMILES string of the molecule is CCC1CCC(N(Cc2cc(-c3ccnc(C(=O)N(C)C)c3)ccc2OC)C(=O)c2sc3c(F)ccc(F)c3c2Cl)CC1. The number of carbonyl (C=O) groups excluding carboxylic acids is 2. The van der Waals surface area contributed by atoms with Crippen LogP contribution in [0.4, 0.5) is 8.78 Å². The zero-order chi connectivity index (χ0) is 30.8. The van der Waals surface area contributed by atoms with Gasteiger partial charge in [0.15, 0.2) is 0 Å². The van der Waals surface area contributed by atoms with Gasteiger partial charge >= 0.3 is 0 Å². The van der Waals surface area contributed by atoms with Gasteiger partial charge in [-0.15, -0.1) is 11.3 Å². The number of halogens is 3. The van der Waals surface area contributed by atoms with Crippen LogP contribution in [0.15, 0.2) is 48.7 Å². The summed E-state index contributed by atoms with van der Waals surface area (Å²) in [6.07, 6.45) is 6.30. The minimum atomic E-state index is -0.662. The average Bonchev–Trinajstić information content (AvgIpc) is 3.39. The fraction of sp³-hybridized carbons (Fsp3) is 0.364. The molecular weight excluding hydrogens is 592 g/mol. The molecule has 0 atom stereocenters. The quantitative estimate of drug-likeness (QED) is 0.198. The number of aromatic nitrogens is 1. The van der Waals surface area contributed by atoms with E-state index in [9.17, 15) is 18.4 Å². The number of carbonyl (C=O) groups is 2. The van der Waals surface area contributed by atoms with Gasteiger partial charge in [-0.1, -0.05) is 31.0 Å². The van der Waals surface area contributed by atoms with Crippen LogP contribution in [-0.4, -0.2) is 53.8 Å². The normalized spacial score (nSPS) is 16.7. The van der Waals surface area contributed by atoms with Gasteiger partial charge in [0.25, 0.3) is 11.8 Å². The van der Waals surface area contributed by atoms with E-state index in [-0.39, 0.29) is 44.4 Å². The summed E-state index contributed by atoms with van der Waals surface area (Å²) in [5, 5.41) is -0.130. The third-order valence-corrected chi connectivity index (χ3v) is 9.99. The number of methoxy groups -OCH3 is 1. The molecule has 0 aliphatic heterocycles. The third-order valence-electron chi connectivity index (χ3n) is 8.31. The molecule has 10 heteroatoms. The first kappa shape index (κ1) is 30.9. The summed E-state index contributed by atoms with van der Waals surface area (Å²) in [5.41, 5.74) is 2.71. The lowest BCUT2D eigenvalue weighted by Gasteiger charge is -2.37. The Morgan fingerprint density at radius 2 is 1.70 bits per heavy atom. The fourth-order valence-corrected chi connectivity index (χ4v) is 7.32. The maximum Gasteiger partial charge on any atom is 0.271 e. The molecule has 0 saturated heterocycles. The van der Waals surface area contributed by atoms with Crippen LogP contribution in [0.5, 0.6) is 5.75 Å². The molecule has 0 spiro atoms. The van der Waals surface area contributed by atoms with Gasteiger partial charge in [-0.25, -0.2) is 8.78 Å². The van der Waals surface area contributed by atoms with Gasteiger partial charge in [0.05, 0.1) is 22.2 Å². The number of thiophene rings is 1. The topological polar surface area (TPSA) is 62.7 Å². The molecule has 0 radical (unpaired) electrons. The lowest BCUT2D eigenvalue weighted by Crippen LogP contribution is -2.41. The number of ether oxygens (including phenoxy) is 1. The van der Waals surface area contributed by atoms with E-state index >= 15 is 0 Å². The molecule has 1 fully saturated rings. The number of nitrogens with zero attached hydrogens (tertiary/aromatic N) is 3. The Kier molecular flexibility index (Phi) is 9.32. The minimum absolute atomic E-state index is 0.0309. The summed E-state index contributed by atoms with van der Waals surface area (Å²) < 4.78 is 35.1. The average molecular weight is 626 g/mol. The van der Waals surface area contributed by atoms with Crippen LogP contribution in [0, 0.1) is 17.6 Å². The zero-order valence-corrected chi connectivity index (χ0v) is 26.2. The van der Waals surface area contributed by atoms with E-state index in [0.29, 0.717) is 17.4 Å². The lowest BCUT2D eigenvalue weighted by atomic mass is 9.83. The van der Waals surface area contributed by atoms with Crippen LogP contribution in [0.25, 0.3) is 21.2 Å². The molecule has 2 aromatic heterocycles. The molecule has 1 saturated carbocycles. The van der Waals surface area contributed by atoms with Gasteiger partial charge in [0.2, 0.25) is 0 Å². The van der Waals surface area contributed by atoms with Crippen molar-refractivity contribution in [3.05, 3.63) is 81.5 Å². The standard InChI is InChI=1S/C33H34ClF2N3O3S/c1-5-19-6-9-23(10-7-19)39(33(41)31-29(34)28-24(35)11-12-25(36)30(28)43-31)18-22-16-20(8-13-27(22)42-4)21-14-15-37-26(17-21)32(40)38(2)3/h8,11-17,19,23H,5-7,9-10,18H2,1-4H3. The first-order chi connectivity index (χ1) is 20.6. The first-order valence-corrected chi connectivity index (χ1v) is 15.5. The van der Waals surface area contributed by atoms with Gasteiger partial charge < -0.3 is 14.5 Å². The molecule has 0 N–H and O–H groups in total. The van der Waals surface area contributed by atoms with Crippen LogP contribution in [0.2, 0.25) is 5.02 Å². The molecule has 5 rings (SSSR count). The maximum atomic E-state index is 14.7. The highest BCUT2D eigenvalue weighted by molar-refractivity contribution is 7.21. The fourth-order valence-electron chi connectivity index (χ4n) is 5.82. The second kappa shape index (κ2) is 13.0. The number of hydrogen-bond donors (Lipinski definition) is 0. The summed E-state index contributed by atoms with van der Waals surface area (Å²) in [6, 6.07) is 11.3. The predicted molar refractivity (Wildman–Crippen MR) is 167 cm³/mol. The van der Waals surface area contributed by atoms with Gasteiger partial charge in [-0.3, -0.25) is 14.6 Å². The van der Waals surface area contributed by atoms with E-state index in [2.05, 4.69) is 11.9 Å². The number of fused-ring (bicyclic) bond motifs is 1. The smallest absolute Gasteiger partial charge is 0.271 e. The van der Waals surface area contributed by atoms with Crippen LogP contribution < -0.4 is 4.74 Å². The second-order valence-electron chi connectivity index (χ2n) is 11.2. The Balaban J connectivity index is 1.55. The number of amides is 2. The Bertz CT molecular complexity index is 1670. The maximum absolute atomic E-state index is 14.7. The molecule has 1 aliphatic rings. The van der Waals surface area contributed by atoms with Crippen molar-refractivity contribution in [1.82, 2.24) is 14.8 Å². The molecule has 2 aromatic carbocycles. The largest absolute Gasteiger partial charge is 0.496 e. The van der Waals surface area contributed by atoms with Crippen LogP contribution >= 0.6 is 22.9 Å². The molecular formula is C33H34ClF2N3O3S. The Morgan fingerprint density at radius 1 is 1.00 bits per heavy atom. The van der Waals surface area contributed by atoms with E-state index < -0.39 is 11.6 Å². The van der Waals surface area contributed by atoms with Crippen molar-refractivity contribution >= 4 is 44.8 Å². The summed E-state index contributed by atoms with van der Waals surface area (Å²) in [6.45, 7) is 2.39. The van der Waals surface area contributed by atoms with Gasteiger partial charge in [0, 0.05) is 38.4 Å². The van der Waals surface area contributed by atoms with Crippen molar-refractivity contribution in [3.63, 3.8) is 0 Å². The van der Waals surface area contributed by atoms with Crippen molar-refractivity contribution in [2.45, 2.75) is 51.6 Å². The molecule has 2 amide bonds. The lowest BCUT2D eigenvalue weighted by molar-refractivity contribution is 0.0590. The van der Waals surface area contributed by atoms with Crippen molar-refractivity contribution in [1.29, 1.82) is 0 Å².